The molecular weight excluding hydrogens is 365 g/mol. The normalized spacial score (nSPS) is 10.9. The number of ether oxygens (including phenoxy) is 2. The summed E-state index contributed by atoms with van der Waals surface area (Å²) in [7, 11) is 2.84. The number of halogens is 2. The van der Waals surface area contributed by atoms with Crippen LogP contribution in [0.3, 0.4) is 0 Å². The molecule has 0 saturated heterocycles. The van der Waals surface area contributed by atoms with Gasteiger partial charge >= 0.3 is 5.97 Å². The zero-order valence-corrected chi connectivity index (χ0v) is 15.3. The van der Waals surface area contributed by atoms with Crippen LogP contribution >= 0.6 is 23.2 Å². The van der Waals surface area contributed by atoms with Gasteiger partial charge in [0.1, 0.15) is 5.02 Å². The summed E-state index contributed by atoms with van der Waals surface area (Å²) in [6.07, 6.45) is 3.61. The van der Waals surface area contributed by atoms with Gasteiger partial charge in [0, 0.05) is 6.54 Å². The molecule has 0 aliphatic heterocycles. The number of benzene rings is 1. The van der Waals surface area contributed by atoms with E-state index in [0.717, 1.165) is 5.56 Å². The minimum absolute atomic E-state index is 0.0561. The van der Waals surface area contributed by atoms with Crippen LogP contribution in [0.25, 0.3) is 6.08 Å². The highest BCUT2D eigenvalue weighted by Crippen LogP contribution is 2.20. The highest BCUT2D eigenvalue weighted by molar-refractivity contribution is 6.35. The minimum atomic E-state index is -0.392. The molecule has 2 aromatic rings. The van der Waals surface area contributed by atoms with Gasteiger partial charge in [-0.2, -0.15) is 0 Å². The van der Waals surface area contributed by atoms with Gasteiger partial charge in [-0.05, 0) is 36.3 Å². The molecule has 0 radical (unpaired) electrons. The molecule has 2 rings (SSSR count). The molecule has 1 heterocycles. The number of aryl methyl sites for hydroxylation is 1. The van der Waals surface area contributed by atoms with E-state index in [0.29, 0.717) is 29.2 Å². The summed E-state index contributed by atoms with van der Waals surface area (Å²) < 4.78 is 11.1. The second kappa shape index (κ2) is 8.74. The second-order valence-electron chi connectivity index (χ2n) is 5.16. The van der Waals surface area contributed by atoms with Crippen molar-refractivity contribution in [3.63, 3.8) is 0 Å². The van der Waals surface area contributed by atoms with E-state index in [9.17, 15) is 9.59 Å². The molecule has 5 nitrogen and oxygen atoms in total. The van der Waals surface area contributed by atoms with Crippen LogP contribution in [-0.2, 0) is 22.4 Å². The SMILES string of the molecule is COC=Cc1c(Cl)cc(Cl)c(=O)n1CCc1ccc(C(=O)OC)cc1. The van der Waals surface area contributed by atoms with Gasteiger partial charge in [-0.25, -0.2) is 4.79 Å². The fraction of sp³-hybridized carbons (Fsp3) is 0.222. The number of hydrogen-bond donors (Lipinski definition) is 0. The fourth-order valence-corrected chi connectivity index (χ4v) is 2.85. The Labute approximate surface area is 155 Å². The van der Waals surface area contributed by atoms with Crippen molar-refractivity contribution in [2.24, 2.45) is 0 Å². The van der Waals surface area contributed by atoms with Crippen LogP contribution in [-0.4, -0.2) is 24.8 Å². The summed E-state index contributed by atoms with van der Waals surface area (Å²) in [6.45, 7) is 0.375. The third kappa shape index (κ3) is 4.65. The molecule has 0 N–H and O–H groups in total. The summed E-state index contributed by atoms with van der Waals surface area (Å²) in [5, 5.41) is 0.416. The third-order valence-corrected chi connectivity index (χ3v) is 4.17. The van der Waals surface area contributed by atoms with E-state index in [-0.39, 0.29) is 10.6 Å². The van der Waals surface area contributed by atoms with Gasteiger partial charge in [-0.1, -0.05) is 35.3 Å². The number of pyridine rings is 1. The van der Waals surface area contributed by atoms with Crippen molar-refractivity contribution < 1.29 is 14.3 Å². The number of esters is 1. The molecule has 7 heteroatoms. The van der Waals surface area contributed by atoms with Crippen molar-refractivity contribution in [1.82, 2.24) is 4.57 Å². The maximum Gasteiger partial charge on any atom is 0.337 e. The Morgan fingerprint density at radius 3 is 2.44 bits per heavy atom. The predicted molar refractivity (Wildman–Crippen MR) is 98.3 cm³/mol. The van der Waals surface area contributed by atoms with Crippen LogP contribution in [0.15, 0.2) is 41.4 Å². The maximum absolute atomic E-state index is 12.3. The lowest BCUT2D eigenvalue weighted by Crippen LogP contribution is -2.24. The summed E-state index contributed by atoms with van der Waals surface area (Å²) in [6, 6.07) is 8.41. The number of hydrogen-bond acceptors (Lipinski definition) is 4. The number of carbonyl (C=O) groups excluding carboxylic acids is 1. The number of aromatic nitrogens is 1. The lowest BCUT2D eigenvalue weighted by Gasteiger charge is -2.13. The largest absolute Gasteiger partial charge is 0.504 e. The van der Waals surface area contributed by atoms with Crippen LogP contribution in [0.1, 0.15) is 21.6 Å². The quantitative estimate of drug-likeness (QED) is 0.563. The molecule has 0 fully saturated rings. The van der Waals surface area contributed by atoms with E-state index in [1.54, 1.807) is 18.2 Å². The van der Waals surface area contributed by atoms with Gasteiger partial charge in [-0.3, -0.25) is 4.79 Å². The standard InChI is InChI=1S/C18H17Cl2NO4/c1-24-10-8-16-14(19)11-15(20)17(22)21(16)9-7-12-3-5-13(6-4-12)18(23)25-2/h3-6,8,10-11H,7,9H2,1-2H3. The molecule has 0 amide bonds. The van der Waals surface area contributed by atoms with Crippen LogP contribution in [0.2, 0.25) is 10.0 Å². The van der Waals surface area contributed by atoms with E-state index < -0.39 is 5.97 Å². The highest BCUT2D eigenvalue weighted by atomic mass is 35.5. The van der Waals surface area contributed by atoms with Gasteiger partial charge in [0.25, 0.3) is 5.56 Å². The van der Waals surface area contributed by atoms with Gasteiger partial charge < -0.3 is 14.0 Å². The Bertz CT molecular complexity index is 841. The lowest BCUT2D eigenvalue weighted by atomic mass is 10.1. The lowest BCUT2D eigenvalue weighted by molar-refractivity contribution is 0.0600. The first-order valence-electron chi connectivity index (χ1n) is 7.43. The molecule has 0 unspecified atom stereocenters. The summed E-state index contributed by atoms with van der Waals surface area (Å²) in [4.78, 5) is 23.8. The third-order valence-electron chi connectivity index (χ3n) is 3.60. The molecule has 0 spiro atoms. The van der Waals surface area contributed by atoms with Gasteiger partial charge in [0.05, 0.1) is 36.8 Å². The molecule has 1 aromatic carbocycles. The average molecular weight is 382 g/mol. The Kier molecular flexibility index (Phi) is 6.67. The predicted octanol–water partition coefficient (Wildman–Crippen LogP) is 3.80. The van der Waals surface area contributed by atoms with E-state index >= 15 is 0 Å². The van der Waals surface area contributed by atoms with Crippen molar-refractivity contribution in [2.45, 2.75) is 13.0 Å². The second-order valence-corrected chi connectivity index (χ2v) is 5.97. The van der Waals surface area contributed by atoms with Crippen molar-refractivity contribution in [2.75, 3.05) is 14.2 Å². The highest BCUT2D eigenvalue weighted by Gasteiger charge is 2.11. The Balaban J connectivity index is 2.26. The molecule has 132 valence electrons. The topological polar surface area (TPSA) is 57.5 Å². The monoisotopic (exact) mass is 381 g/mol. The number of rotatable bonds is 6. The van der Waals surface area contributed by atoms with E-state index in [2.05, 4.69) is 4.74 Å². The van der Waals surface area contributed by atoms with Crippen LogP contribution < -0.4 is 5.56 Å². The number of methoxy groups -OCH3 is 2. The van der Waals surface area contributed by atoms with E-state index in [4.69, 9.17) is 27.9 Å². The van der Waals surface area contributed by atoms with Gasteiger partial charge in [-0.15, -0.1) is 0 Å². The number of nitrogens with zero attached hydrogens (tertiary/aromatic N) is 1. The molecule has 0 bridgehead atoms. The first-order chi connectivity index (χ1) is 12.0. The van der Waals surface area contributed by atoms with Crippen LogP contribution in [0, 0.1) is 0 Å². The van der Waals surface area contributed by atoms with Gasteiger partial charge in [0.15, 0.2) is 0 Å². The molecule has 0 atom stereocenters. The molecule has 0 aliphatic rings. The Morgan fingerprint density at radius 1 is 1.16 bits per heavy atom. The molecule has 1 aromatic heterocycles. The summed E-state index contributed by atoms with van der Waals surface area (Å²) >= 11 is 12.1. The van der Waals surface area contributed by atoms with E-state index in [1.165, 1.54) is 31.1 Å². The van der Waals surface area contributed by atoms with Crippen molar-refractivity contribution in [1.29, 1.82) is 0 Å². The Morgan fingerprint density at radius 2 is 1.84 bits per heavy atom. The summed E-state index contributed by atoms with van der Waals surface area (Å²) in [5.74, 6) is -0.392. The Hall–Kier alpha value is -2.24. The first kappa shape index (κ1) is 19.1. The van der Waals surface area contributed by atoms with Gasteiger partial charge in [0.2, 0.25) is 0 Å². The average Bonchev–Trinajstić information content (AvgIpc) is 2.62. The smallest absolute Gasteiger partial charge is 0.337 e. The molecule has 0 saturated carbocycles. The molecule has 0 aliphatic carbocycles. The fourth-order valence-electron chi connectivity index (χ4n) is 2.30. The zero-order valence-electron chi connectivity index (χ0n) is 13.8. The molecule has 25 heavy (non-hydrogen) atoms. The van der Waals surface area contributed by atoms with Crippen molar-refractivity contribution >= 4 is 35.2 Å². The van der Waals surface area contributed by atoms with E-state index in [1.807, 2.05) is 12.1 Å². The first-order valence-corrected chi connectivity index (χ1v) is 8.19. The minimum Gasteiger partial charge on any atom is -0.504 e. The van der Waals surface area contributed by atoms with Crippen molar-refractivity contribution in [3.8, 4) is 0 Å². The van der Waals surface area contributed by atoms with Crippen LogP contribution in [0.5, 0.6) is 0 Å². The van der Waals surface area contributed by atoms with Crippen molar-refractivity contribution in [3.05, 3.63) is 73.8 Å². The molecular formula is C18H17Cl2NO4. The van der Waals surface area contributed by atoms with Crippen LogP contribution in [0.4, 0.5) is 0 Å². The summed E-state index contributed by atoms with van der Waals surface area (Å²) in [5.41, 5.74) is 1.62. The zero-order chi connectivity index (χ0) is 18.4. The maximum atomic E-state index is 12.3. The number of carbonyl (C=O) groups is 1.